The van der Waals surface area contributed by atoms with Crippen LogP contribution in [0.3, 0.4) is 0 Å². The second-order valence-corrected chi connectivity index (χ2v) is 9.53. The van der Waals surface area contributed by atoms with E-state index in [2.05, 4.69) is 5.32 Å². The van der Waals surface area contributed by atoms with Gasteiger partial charge in [-0.1, -0.05) is 26.0 Å². The molecule has 0 saturated carbocycles. The summed E-state index contributed by atoms with van der Waals surface area (Å²) in [4.78, 5) is 27.4. The molecule has 0 spiro atoms. The zero-order valence-electron chi connectivity index (χ0n) is 16.2. The molecule has 1 N–H and O–H groups in total. The third-order valence-electron chi connectivity index (χ3n) is 4.89. The van der Waals surface area contributed by atoms with Crippen LogP contribution in [0.15, 0.2) is 24.3 Å². The Labute approximate surface area is 166 Å². The largest absolute Gasteiger partial charge is 0.418 e. The zero-order valence-corrected chi connectivity index (χ0v) is 17.1. The molecule has 3 rings (SSSR count). The van der Waals surface area contributed by atoms with E-state index >= 15 is 0 Å². The van der Waals surface area contributed by atoms with Crippen molar-refractivity contribution in [3.63, 3.8) is 0 Å². The molecule has 2 aliphatic rings. The lowest BCUT2D eigenvalue weighted by atomic mass is 10.1. The molecule has 4 amide bonds. The maximum absolute atomic E-state index is 13.3. The highest BCUT2D eigenvalue weighted by Gasteiger charge is 2.60. The average molecular weight is 416 g/mol. The van der Waals surface area contributed by atoms with Crippen LogP contribution < -0.4 is 5.32 Å². The number of amides is 4. The number of carbonyl (C=O) groups excluding carboxylic acids is 2. The van der Waals surface area contributed by atoms with Gasteiger partial charge in [-0.25, -0.2) is 19.6 Å². The van der Waals surface area contributed by atoms with Gasteiger partial charge in [0.1, 0.15) is 6.17 Å². The topological polar surface area (TPSA) is 55.9 Å². The van der Waals surface area contributed by atoms with E-state index in [1.165, 1.54) is 35.3 Å². The highest BCUT2D eigenvalue weighted by molar-refractivity contribution is 8.01. The molecule has 2 saturated heterocycles. The van der Waals surface area contributed by atoms with Gasteiger partial charge in [0.05, 0.1) is 21.4 Å². The van der Waals surface area contributed by atoms with Gasteiger partial charge in [0.2, 0.25) is 0 Å². The number of rotatable bonds is 2. The standard InChI is InChI=1S/C18H23F3N4O2S/c1-10(2)13-24-14(17(3,4)28-13)25(23(5)16(24)27)15(26)22-12-9-7-6-8-11(12)18(19,20)21/h6-10,13-14H,1-5H3,(H,22,26). The highest BCUT2D eigenvalue weighted by Crippen LogP contribution is 2.51. The first kappa shape index (κ1) is 20.6. The molecular formula is C18H23F3N4O2S. The van der Waals surface area contributed by atoms with Crippen molar-refractivity contribution in [1.29, 1.82) is 0 Å². The molecule has 2 fully saturated rings. The minimum absolute atomic E-state index is 0.129. The van der Waals surface area contributed by atoms with Crippen LogP contribution in [-0.4, -0.2) is 50.3 Å². The Kier molecular flexibility index (Phi) is 4.97. The van der Waals surface area contributed by atoms with Gasteiger partial charge in [-0.3, -0.25) is 4.90 Å². The molecule has 28 heavy (non-hydrogen) atoms. The number of nitrogens with zero attached hydrogens (tertiary/aromatic N) is 3. The van der Waals surface area contributed by atoms with Crippen LogP contribution in [0.1, 0.15) is 33.3 Å². The van der Waals surface area contributed by atoms with E-state index in [0.29, 0.717) is 0 Å². The highest BCUT2D eigenvalue weighted by atomic mass is 32.2. The van der Waals surface area contributed by atoms with Crippen molar-refractivity contribution in [3.8, 4) is 0 Å². The van der Waals surface area contributed by atoms with Crippen LogP contribution in [0.5, 0.6) is 0 Å². The molecule has 0 bridgehead atoms. The Balaban J connectivity index is 1.94. The van der Waals surface area contributed by atoms with Gasteiger partial charge >= 0.3 is 18.2 Å². The maximum Gasteiger partial charge on any atom is 0.418 e. The summed E-state index contributed by atoms with van der Waals surface area (Å²) in [6, 6.07) is 3.65. The molecule has 0 aromatic heterocycles. The number of nitrogens with one attached hydrogen (secondary N) is 1. The fourth-order valence-electron chi connectivity index (χ4n) is 3.67. The number of hydrogen-bond acceptors (Lipinski definition) is 3. The van der Waals surface area contributed by atoms with Gasteiger partial charge < -0.3 is 5.32 Å². The lowest BCUT2D eigenvalue weighted by molar-refractivity contribution is -0.136. The van der Waals surface area contributed by atoms with E-state index in [4.69, 9.17) is 0 Å². The summed E-state index contributed by atoms with van der Waals surface area (Å²) in [7, 11) is 1.45. The summed E-state index contributed by atoms with van der Waals surface area (Å²) in [5.41, 5.74) is -1.28. The molecule has 2 atom stereocenters. The predicted octanol–water partition coefficient (Wildman–Crippen LogP) is 4.66. The van der Waals surface area contributed by atoms with Crippen LogP contribution in [0.25, 0.3) is 0 Å². The Hall–Kier alpha value is -2.10. The van der Waals surface area contributed by atoms with E-state index < -0.39 is 28.7 Å². The van der Waals surface area contributed by atoms with E-state index in [1.807, 2.05) is 27.7 Å². The van der Waals surface area contributed by atoms with Gasteiger partial charge in [0.15, 0.2) is 0 Å². The lowest BCUT2D eigenvalue weighted by Gasteiger charge is -2.34. The summed E-state index contributed by atoms with van der Waals surface area (Å²) >= 11 is 1.59. The number of anilines is 1. The zero-order chi connectivity index (χ0) is 21.0. The number of urea groups is 2. The Morgan fingerprint density at radius 1 is 1.25 bits per heavy atom. The Morgan fingerprint density at radius 2 is 1.86 bits per heavy atom. The van der Waals surface area contributed by atoms with Crippen molar-refractivity contribution in [2.75, 3.05) is 12.4 Å². The number of carbonyl (C=O) groups is 2. The third-order valence-corrected chi connectivity index (χ3v) is 6.72. The molecule has 10 heteroatoms. The van der Waals surface area contributed by atoms with Gasteiger partial charge in [0.25, 0.3) is 0 Å². The number of hydrazine groups is 1. The second-order valence-electron chi connectivity index (χ2n) is 7.76. The third kappa shape index (κ3) is 3.27. The summed E-state index contributed by atoms with van der Waals surface area (Å²) < 4.78 is 39.3. The van der Waals surface area contributed by atoms with Gasteiger partial charge in [0, 0.05) is 7.05 Å². The summed E-state index contributed by atoms with van der Waals surface area (Å²) in [6.07, 6.45) is -5.20. The molecule has 2 aliphatic heterocycles. The SMILES string of the molecule is CC(C)C1SC(C)(C)C2N1C(=O)N(C)N2C(=O)Nc1ccccc1C(F)(F)F. The van der Waals surface area contributed by atoms with Gasteiger partial charge in [-0.15, -0.1) is 11.8 Å². The molecule has 0 radical (unpaired) electrons. The molecule has 1 aromatic carbocycles. The minimum Gasteiger partial charge on any atom is -0.306 e. The molecule has 0 aliphatic carbocycles. The molecule has 2 unspecified atom stereocenters. The Morgan fingerprint density at radius 3 is 2.43 bits per heavy atom. The van der Waals surface area contributed by atoms with E-state index in [0.717, 1.165) is 6.07 Å². The van der Waals surface area contributed by atoms with Crippen LogP contribution in [-0.2, 0) is 6.18 Å². The number of alkyl halides is 3. The molecular weight excluding hydrogens is 393 g/mol. The van der Waals surface area contributed by atoms with E-state index in [-0.39, 0.29) is 23.0 Å². The molecule has 1 aromatic rings. The van der Waals surface area contributed by atoms with Crippen molar-refractivity contribution < 1.29 is 22.8 Å². The first-order chi connectivity index (χ1) is 12.9. The fraction of sp³-hybridized carbons (Fsp3) is 0.556. The molecule has 2 heterocycles. The van der Waals surface area contributed by atoms with Crippen molar-refractivity contribution in [3.05, 3.63) is 29.8 Å². The summed E-state index contributed by atoms with van der Waals surface area (Å²) in [5.74, 6) is 0.153. The average Bonchev–Trinajstić information content (AvgIpc) is 3.00. The maximum atomic E-state index is 13.3. The van der Waals surface area contributed by atoms with Crippen molar-refractivity contribution in [1.82, 2.24) is 14.9 Å². The number of para-hydroxylation sites is 1. The van der Waals surface area contributed by atoms with E-state index in [1.54, 1.807) is 16.7 Å². The van der Waals surface area contributed by atoms with Crippen molar-refractivity contribution in [2.45, 2.75) is 50.2 Å². The monoisotopic (exact) mass is 416 g/mol. The summed E-state index contributed by atoms with van der Waals surface area (Å²) in [5, 5.41) is 4.60. The van der Waals surface area contributed by atoms with Gasteiger partial charge in [-0.2, -0.15) is 13.2 Å². The van der Waals surface area contributed by atoms with Crippen LogP contribution in [0.2, 0.25) is 0 Å². The first-order valence-corrected chi connectivity index (χ1v) is 9.74. The second kappa shape index (κ2) is 6.75. The van der Waals surface area contributed by atoms with Crippen LogP contribution in [0.4, 0.5) is 28.4 Å². The predicted molar refractivity (Wildman–Crippen MR) is 101 cm³/mol. The number of halogens is 3. The molecule has 154 valence electrons. The van der Waals surface area contributed by atoms with Crippen molar-refractivity contribution >= 4 is 29.5 Å². The normalized spacial score (nSPS) is 24.2. The molecule has 6 nitrogen and oxygen atoms in total. The number of thioether (sulfide) groups is 1. The number of hydrogen-bond donors (Lipinski definition) is 1. The van der Waals surface area contributed by atoms with E-state index in [9.17, 15) is 22.8 Å². The van der Waals surface area contributed by atoms with Crippen LogP contribution >= 0.6 is 11.8 Å². The number of benzene rings is 1. The Bertz CT molecular complexity index is 799. The minimum atomic E-state index is -4.60. The summed E-state index contributed by atoms with van der Waals surface area (Å²) in [6.45, 7) is 7.83. The quantitative estimate of drug-likeness (QED) is 0.763. The van der Waals surface area contributed by atoms with Crippen molar-refractivity contribution in [2.24, 2.45) is 5.92 Å². The van der Waals surface area contributed by atoms with Crippen LogP contribution in [0, 0.1) is 5.92 Å². The fourth-order valence-corrected chi connectivity index (χ4v) is 5.22. The number of fused-ring (bicyclic) bond motifs is 1. The van der Waals surface area contributed by atoms with Gasteiger partial charge in [-0.05, 0) is 31.9 Å². The smallest absolute Gasteiger partial charge is 0.306 e. The lowest BCUT2D eigenvalue weighted by Crippen LogP contribution is -2.53. The first-order valence-electron chi connectivity index (χ1n) is 8.86.